The summed E-state index contributed by atoms with van der Waals surface area (Å²) in [5, 5.41) is 1.09. The first-order chi connectivity index (χ1) is 11.3. The zero-order chi connectivity index (χ0) is 15.6. The maximum Gasteiger partial charge on any atom is 0.140 e. The van der Waals surface area contributed by atoms with Crippen LogP contribution in [0.5, 0.6) is 0 Å². The fourth-order valence-corrected chi connectivity index (χ4v) is 3.23. The summed E-state index contributed by atoms with van der Waals surface area (Å²) in [5.41, 5.74) is 2.17. The average Bonchev–Trinajstić information content (AvgIpc) is 2.62. The van der Waals surface area contributed by atoms with E-state index in [9.17, 15) is 0 Å². The topological polar surface area (TPSA) is 38.2 Å². The minimum absolute atomic E-state index is 0.0607. The fraction of sp³-hybridized carbons (Fsp3) is 0.222. The lowest BCUT2D eigenvalue weighted by atomic mass is 10.1. The van der Waals surface area contributed by atoms with E-state index in [4.69, 9.17) is 4.74 Å². The predicted octanol–water partition coefficient (Wildman–Crippen LogP) is 3.97. The van der Waals surface area contributed by atoms with Crippen LogP contribution in [0, 0.1) is 0 Å². The second-order valence-electron chi connectivity index (χ2n) is 5.57. The average molecular weight is 370 g/mol. The van der Waals surface area contributed by atoms with Gasteiger partial charge in [0.1, 0.15) is 18.2 Å². The van der Waals surface area contributed by atoms with Gasteiger partial charge < -0.3 is 9.64 Å². The van der Waals surface area contributed by atoms with Gasteiger partial charge in [-0.1, -0.05) is 40.2 Å². The zero-order valence-corrected chi connectivity index (χ0v) is 14.1. The molecule has 0 spiro atoms. The van der Waals surface area contributed by atoms with Crippen LogP contribution in [0.25, 0.3) is 10.9 Å². The summed E-state index contributed by atoms with van der Waals surface area (Å²) >= 11 is 3.48. The van der Waals surface area contributed by atoms with Crippen LogP contribution in [0.1, 0.15) is 11.7 Å². The number of ether oxygens (including phenoxy) is 1. The number of aromatic nitrogens is 2. The molecule has 0 amide bonds. The highest BCUT2D eigenvalue weighted by Gasteiger charge is 2.24. The predicted molar refractivity (Wildman–Crippen MR) is 94.6 cm³/mol. The SMILES string of the molecule is Brc1ccc(C2CN(c3ncnc4ccccc34)CCO2)cc1. The van der Waals surface area contributed by atoms with Gasteiger partial charge in [-0.3, -0.25) is 0 Å². The lowest BCUT2D eigenvalue weighted by molar-refractivity contribution is 0.0396. The van der Waals surface area contributed by atoms with Crippen LogP contribution in [0.15, 0.2) is 59.3 Å². The number of hydrogen-bond donors (Lipinski definition) is 0. The molecule has 1 fully saturated rings. The number of benzene rings is 2. The molecule has 0 radical (unpaired) electrons. The molecule has 3 aromatic rings. The van der Waals surface area contributed by atoms with E-state index in [1.54, 1.807) is 6.33 Å². The van der Waals surface area contributed by atoms with E-state index in [1.165, 1.54) is 5.56 Å². The summed E-state index contributed by atoms with van der Waals surface area (Å²) < 4.78 is 7.05. The molecular weight excluding hydrogens is 354 g/mol. The second kappa shape index (κ2) is 6.26. The molecule has 0 N–H and O–H groups in total. The molecule has 116 valence electrons. The largest absolute Gasteiger partial charge is 0.370 e. The summed E-state index contributed by atoms with van der Waals surface area (Å²) in [6.45, 7) is 2.33. The smallest absolute Gasteiger partial charge is 0.140 e. The van der Waals surface area contributed by atoms with Crippen molar-refractivity contribution < 1.29 is 4.74 Å². The van der Waals surface area contributed by atoms with Crippen molar-refractivity contribution >= 4 is 32.7 Å². The summed E-state index contributed by atoms with van der Waals surface area (Å²) in [4.78, 5) is 11.2. The Balaban J connectivity index is 1.65. The quantitative estimate of drug-likeness (QED) is 0.684. The normalized spacial score (nSPS) is 18.3. The summed E-state index contributed by atoms with van der Waals surface area (Å²) in [7, 11) is 0. The van der Waals surface area contributed by atoms with Crippen LogP contribution >= 0.6 is 15.9 Å². The van der Waals surface area contributed by atoms with E-state index in [0.717, 1.165) is 34.3 Å². The van der Waals surface area contributed by atoms with Crippen LogP contribution in [-0.2, 0) is 4.74 Å². The number of morpholine rings is 1. The van der Waals surface area contributed by atoms with Gasteiger partial charge in [-0.25, -0.2) is 9.97 Å². The molecule has 23 heavy (non-hydrogen) atoms. The Morgan fingerprint density at radius 1 is 1.04 bits per heavy atom. The third kappa shape index (κ3) is 2.94. The number of fused-ring (bicyclic) bond motifs is 1. The van der Waals surface area contributed by atoms with Crippen molar-refractivity contribution in [1.29, 1.82) is 0 Å². The van der Waals surface area contributed by atoms with Crippen molar-refractivity contribution in [2.24, 2.45) is 0 Å². The molecule has 4 nitrogen and oxygen atoms in total. The van der Waals surface area contributed by atoms with Gasteiger partial charge in [-0.2, -0.15) is 0 Å². The van der Waals surface area contributed by atoms with Crippen LogP contribution in [-0.4, -0.2) is 29.7 Å². The van der Waals surface area contributed by atoms with Crippen LogP contribution < -0.4 is 4.90 Å². The number of halogens is 1. The second-order valence-corrected chi connectivity index (χ2v) is 6.49. The number of anilines is 1. The molecule has 0 bridgehead atoms. The molecule has 1 aliphatic rings. The Hall–Kier alpha value is -1.98. The molecule has 1 saturated heterocycles. The highest BCUT2D eigenvalue weighted by molar-refractivity contribution is 9.10. The third-order valence-electron chi connectivity index (χ3n) is 4.13. The summed E-state index contributed by atoms with van der Waals surface area (Å²) in [5.74, 6) is 0.987. The van der Waals surface area contributed by atoms with E-state index >= 15 is 0 Å². The Morgan fingerprint density at radius 2 is 1.87 bits per heavy atom. The standard InChI is InChI=1S/C18H16BrN3O/c19-14-7-5-13(6-8-14)17-11-22(9-10-23-17)18-15-3-1-2-4-16(15)20-12-21-18/h1-8,12,17H,9-11H2. The van der Waals surface area contributed by atoms with Crippen molar-refractivity contribution in [1.82, 2.24) is 9.97 Å². The van der Waals surface area contributed by atoms with Gasteiger partial charge in [0, 0.05) is 22.9 Å². The van der Waals surface area contributed by atoms with E-state index in [2.05, 4.69) is 61.1 Å². The van der Waals surface area contributed by atoms with Crippen molar-refractivity contribution in [2.45, 2.75) is 6.10 Å². The monoisotopic (exact) mass is 369 g/mol. The zero-order valence-electron chi connectivity index (χ0n) is 12.5. The molecule has 2 heterocycles. The van der Waals surface area contributed by atoms with Crippen LogP contribution in [0.4, 0.5) is 5.82 Å². The molecule has 5 heteroatoms. The van der Waals surface area contributed by atoms with Crippen LogP contribution in [0.3, 0.4) is 0 Å². The van der Waals surface area contributed by atoms with Gasteiger partial charge in [0.2, 0.25) is 0 Å². The maximum atomic E-state index is 5.97. The van der Waals surface area contributed by atoms with Crippen molar-refractivity contribution in [3.05, 3.63) is 64.9 Å². The number of para-hydroxylation sites is 1. The van der Waals surface area contributed by atoms with Crippen molar-refractivity contribution in [3.63, 3.8) is 0 Å². The molecule has 0 aliphatic carbocycles. The van der Waals surface area contributed by atoms with Gasteiger partial charge in [0.25, 0.3) is 0 Å². The molecule has 1 atom stereocenters. The van der Waals surface area contributed by atoms with E-state index in [1.807, 2.05) is 18.2 Å². The first-order valence-electron chi connectivity index (χ1n) is 7.63. The Kier molecular flexibility index (Phi) is 3.97. The Labute approximate surface area is 143 Å². The first kappa shape index (κ1) is 14.6. The highest BCUT2D eigenvalue weighted by atomic mass is 79.9. The minimum Gasteiger partial charge on any atom is -0.370 e. The van der Waals surface area contributed by atoms with E-state index in [-0.39, 0.29) is 6.10 Å². The molecule has 1 aromatic heterocycles. The fourth-order valence-electron chi connectivity index (χ4n) is 2.96. The molecular formula is C18H16BrN3O. The van der Waals surface area contributed by atoms with E-state index in [0.29, 0.717) is 6.61 Å². The van der Waals surface area contributed by atoms with Gasteiger partial charge in [-0.05, 0) is 29.8 Å². The number of nitrogens with zero attached hydrogens (tertiary/aromatic N) is 3. The van der Waals surface area contributed by atoms with Gasteiger partial charge in [-0.15, -0.1) is 0 Å². The summed E-state index contributed by atoms with van der Waals surface area (Å²) in [6, 6.07) is 16.5. The van der Waals surface area contributed by atoms with Crippen LogP contribution in [0.2, 0.25) is 0 Å². The minimum atomic E-state index is 0.0607. The third-order valence-corrected chi connectivity index (χ3v) is 4.66. The first-order valence-corrected chi connectivity index (χ1v) is 8.42. The lowest BCUT2D eigenvalue weighted by Gasteiger charge is -2.34. The number of hydrogen-bond acceptors (Lipinski definition) is 4. The molecule has 1 aliphatic heterocycles. The van der Waals surface area contributed by atoms with Gasteiger partial charge >= 0.3 is 0 Å². The Bertz CT molecular complexity index is 817. The van der Waals surface area contributed by atoms with Crippen molar-refractivity contribution in [3.8, 4) is 0 Å². The van der Waals surface area contributed by atoms with Gasteiger partial charge in [0.05, 0.1) is 12.1 Å². The molecule has 0 saturated carbocycles. The molecule has 1 unspecified atom stereocenters. The van der Waals surface area contributed by atoms with Gasteiger partial charge in [0.15, 0.2) is 0 Å². The lowest BCUT2D eigenvalue weighted by Crippen LogP contribution is -2.39. The highest BCUT2D eigenvalue weighted by Crippen LogP contribution is 2.29. The maximum absolute atomic E-state index is 5.97. The molecule has 4 rings (SSSR count). The Morgan fingerprint density at radius 3 is 2.74 bits per heavy atom. The number of rotatable bonds is 2. The van der Waals surface area contributed by atoms with Crippen molar-refractivity contribution in [2.75, 3.05) is 24.6 Å². The van der Waals surface area contributed by atoms with E-state index < -0.39 is 0 Å². The summed E-state index contributed by atoms with van der Waals surface area (Å²) in [6.07, 6.45) is 1.70. The molecule has 2 aromatic carbocycles.